The fourth-order valence-corrected chi connectivity index (χ4v) is 2.61. The lowest BCUT2D eigenvalue weighted by Crippen LogP contribution is -2.15. The minimum atomic E-state index is -3.87. The topological polar surface area (TPSA) is 74.1 Å². The van der Waals surface area contributed by atoms with Crippen LogP contribution in [0.15, 0.2) is 5.16 Å². The first kappa shape index (κ1) is 16.4. The molecule has 0 aliphatic rings. The fourth-order valence-electron chi connectivity index (χ4n) is 1.68. The van der Waals surface area contributed by atoms with Gasteiger partial charge in [-0.3, -0.25) is 0 Å². The largest absolute Gasteiger partial charge is 0.382 e. The zero-order valence-electron chi connectivity index (χ0n) is 11.6. The molecule has 6 nitrogen and oxygen atoms in total. The first-order chi connectivity index (χ1) is 8.75. The Morgan fingerprint density at radius 2 is 1.95 bits per heavy atom. The van der Waals surface area contributed by atoms with Gasteiger partial charge < -0.3 is 9.30 Å². The van der Waals surface area contributed by atoms with Crippen molar-refractivity contribution in [2.75, 3.05) is 7.11 Å². The maximum absolute atomic E-state index is 11.5. The van der Waals surface area contributed by atoms with E-state index in [0.717, 1.165) is 6.42 Å². The van der Waals surface area contributed by atoms with Crippen LogP contribution in [0.2, 0.25) is 0 Å². The Morgan fingerprint density at radius 3 is 2.42 bits per heavy atom. The molecule has 0 aliphatic carbocycles. The molecule has 1 rings (SSSR count). The molecule has 0 aromatic carbocycles. The van der Waals surface area contributed by atoms with E-state index in [1.807, 2.05) is 20.8 Å². The summed E-state index contributed by atoms with van der Waals surface area (Å²) in [4.78, 5) is 0. The summed E-state index contributed by atoms with van der Waals surface area (Å²) in [7, 11) is 3.14. The van der Waals surface area contributed by atoms with Gasteiger partial charge in [-0.2, -0.15) is 0 Å². The normalized spacial score (nSPS) is 14.0. The third-order valence-electron chi connectivity index (χ3n) is 2.74. The molecule has 0 amide bonds. The molecule has 0 spiro atoms. The molecular formula is C11H20ClN3O3S. The molecular weight excluding hydrogens is 290 g/mol. The van der Waals surface area contributed by atoms with Gasteiger partial charge in [0.05, 0.1) is 6.10 Å². The molecule has 110 valence electrons. The Labute approximate surface area is 118 Å². The Balaban J connectivity index is 3.01. The average molecular weight is 310 g/mol. The number of hydrogen-bond donors (Lipinski definition) is 0. The highest BCUT2D eigenvalue weighted by Crippen LogP contribution is 2.17. The van der Waals surface area contributed by atoms with Crippen molar-refractivity contribution >= 4 is 19.7 Å². The van der Waals surface area contributed by atoms with Crippen molar-refractivity contribution in [2.45, 2.75) is 51.4 Å². The zero-order chi connectivity index (χ0) is 14.6. The maximum Gasteiger partial charge on any atom is 0.296 e. The van der Waals surface area contributed by atoms with Crippen LogP contribution in [0, 0.1) is 5.92 Å². The zero-order valence-corrected chi connectivity index (χ0v) is 13.2. The quantitative estimate of drug-likeness (QED) is 0.718. The summed E-state index contributed by atoms with van der Waals surface area (Å²) in [5.74, 6) is 0.892. The minimum absolute atomic E-state index is 0.0836. The van der Waals surface area contributed by atoms with Crippen molar-refractivity contribution < 1.29 is 13.2 Å². The summed E-state index contributed by atoms with van der Waals surface area (Å²) < 4.78 is 29.7. The predicted octanol–water partition coefficient (Wildman–Crippen LogP) is 1.83. The molecule has 0 radical (unpaired) electrons. The summed E-state index contributed by atoms with van der Waals surface area (Å²) in [6.07, 6.45) is 1.43. The second kappa shape index (κ2) is 6.67. The van der Waals surface area contributed by atoms with Crippen molar-refractivity contribution in [3.8, 4) is 0 Å². The van der Waals surface area contributed by atoms with E-state index in [0.29, 0.717) is 18.8 Å². The average Bonchev–Trinajstić information content (AvgIpc) is 2.67. The molecule has 1 aromatic rings. The summed E-state index contributed by atoms with van der Waals surface area (Å²) in [6.45, 7) is 6.45. The Morgan fingerprint density at radius 1 is 1.32 bits per heavy atom. The van der Waals surface area contributed by atoms with E-state index >= 15 is 0 Å². The molecule has 1 heterocycles. The summed E-state index contributed by atoms with van der Waals surface area (Å²) in [5.41, 5.74) is 0. The van der Waals surface area contributed by atoms with E-state index in [1.165, 1.54) is 0 Å². The van der Waals surface area contributed by atoms with Crippen LogP contribution >= 0.6 is 10.7 Å². The van der Waals surface area contributed by atoms with Gasteiger partial charge in [-0.25, -0.2) is 8.42 Å². The Bertz CT molecular complexity index is 513. The molecule has 0 N–H and O–H groups in total. The highest BCUT2D eigenvalue weighted by Gasteiger charge is 2.23. The Kier molecular flexibility index (Phi) is 5.76. The summed E-state index contributed by atoms with van der Waals surface area (Å²) in [5, 5.41) is 7.45. The van der Waals surface area contributed by atoms with Crippen LogP contribution in [-0.4, -0.2) is 36.4 Å². The second-order valence-corrected chi connectivity index (χ2v) is 7.39. The van der Waals surface area contributed by atoms with Crippen molar-refractivity contribution in [3.05, 3.63) is 5.82 Å². The third-order valence-corrected chi connectivity index (χ3v) is 3.89. The number of rotatable bonds is 7. The third kappa shape index (κ3) is 4.74. The van der Waals surface area contributed by atoms with E-state index in [9.17, 15) is 8.42 Å². The number of aryl methyl sites for hydroxylation is 1. The van der Waals surface area contributed by atoms with Crippen LogP contribution in [0.25, 0.3) is 0 Å². The molecule has 19 heavy (non-hydrogen) atoms. The monoisotopic (exact) mass is 309 g/mol. The molecule has 1 atom stereocenters. The number of hydrogen-bond acceptors (Lipinski definition) is 5. The van der Waals surface area contributed by atoms with Gasteiger partial charge in [-0.15, -0.1) is 10.2 Å². The van der Waals surface area contributed by atoms with E-state index in [-0.39, 0.29) is 17.2 Å². The Hall–Kier alpha value is -0.660. The highest BCUT2D eigenvalue weighted by molar-refractivity contribution is 8.13. The van der Waals surface area contributed by atoms with E-state index < -0.39 is 9.05 Å². The fraction of sp³-hybridized carbons (Fsp3) is 0.818. The van der Waals surface area contributed by atoms with E-state index in [1.54, 1.807) is 11.7 Å². The van der Waals surface area contributed by atoms with Crippen molar-refractivity contribution in [1.29, 1.82) is 0 Å². The highest BCUT2D eigenvalue weighted by atomic mass is 35.7. The molecule has 0 fully saturated rings. The molecule has 0 bridgehead atoms. The van der Waals surface area contributed by atoms with Gasteiger partial charge in [0.2, 0.25) is 0 Å². The van der Waals surface area contributed by atoms with Crippen molar-refractivity contribution in [2.24, 2.45) is 5.92 Å². The number of nitrogens with zero attached hydrogens (tertiary/aromatic N) is 3. The van der Waals surface area contributed by atoms with E-state index in [4.69, 9.17) is 15.4 Å². The molecule has 1 aromatic heterocycles. The van der Waals surface area contributed by atoms with Crippen LogP contribution in [-0.2, 0) is 26.8 Å². The number of ether oxygens (including phenoxy) is 1. The smallest absolute Gasteiger partial charge is 0.296 e. The molecule has 0 aliphatic heterocycles. The standard InChI is InChI=1S/C11H20ClN3O3S/c1-8(2)7-15-10(6-5-9(3)18-4)13-14-11(15)19(12,16)17/h8-9H,5-7H2,1-4H3. The molecule has 1 unspecified atom stereocenters. The van der Waals surface area contributed by atoms with Crippen LogP contribution in [0.5, 0.6) is 0 Å². The van der Waals surface area contributed by atoms with Crippen molar-refractivity contribution in [3.63, 3.8) is 0 Å². The van der Waals surface area contributed by atoms with Gasteiger partial charge in [0, 0.05) is 30.8 Å². The van der Waals surface area contributed by atoms with Gasteiger partial charge >= 0.3 is 0 Å². The second-order valence-electron chi connectivity index (χ2n) is 4.93. The van der Waals surface area contributed by atoms with Gasteiger partial charge in [0.1, 0.15) is 5.82 Å². The predicted molar refractivity (Wildman–Crippen MR) is 72.7 cm³/mol. The first-order valence-electron chi connectivity index (χ1n) is 6.15. The lowest BCUT2D eigenvalue weighted by molar-refractivity contribution is 0.110. The lowest BCUT2D eigenvalue weighted by atomic mass is 10.2. The molecule has 0 saturated carbocycles. The van der Waals surface area contributed by atoms with E-state index in [2.05, 4.69) is 10.2 Å². The number of halogens is 1. The maximum atomic E-state index is 11.5. The number of aromatic nitrogens is 3. The van der Waals surface area contributed by atoms with Crippen molar-refractivity contribution in [1.82, 2.24) is 14.8 Å². The molecule has 0 saturated heterocycles. The molecule has 8 heteroatoms. The number of methoxy groups -OCH3 is 1. The minimum Gasteiger partial charge on any atom is -0.382 e. The summed E-state index contributed by atoms with van der Waals surface area (Å²) >= 11 is 0. The van der Waals surface area contributed by atoms with Gasteiger partial charge in [0.25, 0.3) is 14.2 Å². The SMILES string of the molecule is COC(C)CCc1nnc(S(=O)(=O)Cl)n1CC(C)C. The van der Waals surface area contributed by atoms with Crippen LogP contribution in [0.3, 0.4) is 0 Å². The van der Waals surface area contributed by atoms with Gasteiger partial charge in [-0.05, 0) is 19.3 Å². The van der Waals surface area contributed by atoms with Crippen LogP contribution in [0.1, 0.15) is 33.0 Å². The summed E-state index contributed by atoms with van der Waals surface area (Å²) in [6, 6.07) is 0. The van der Waals surface area contributed by atoms with Gasteiger partial charge in [0.15, 0.2) is 0 Å². The van der Waals surface area contributed by atoms with Crippen LogP contribution < -0.4 is 0 Å². The van der Waals surface area contributed by atoms with Gasteiger partial charge in [-0.1, -0.05) is 13.8 Å². The van der Waals surface area contributed by atoms with Crippen LogP contribution in [0.4, 0.5) is 0 Å². The lowest BCUT2D eigenvalue weighted by Gasteiger charge is -2.12. The first-order valence-corrected chi connectivity index (χ1v) is 8.46.